The van der Waals surface area contributed by atoms with E-state index < -0.39 is 0 Å². The van der Waals surface area contributed by atoms with Crippen LogP contribution in [0.3, 0.4) is 0 Å². The van der Waals surface area contributed by atoms with Crippen molar-refractivity contribution in [3.63, 3.8) is 0 Å². The lowest BCUT2D eigenvalue weighted by molar-refractivity contribution is -0.191. The molecule has 0 N–H and O–H groups in total. The predicted molar refractivity (Wildman–Crippen MR) is 127 cm³/mol. The molecule has 7 nitrogen and oxygen atoms in total. The first kappa shape index (κ1) is 24.0. The molecule has 0 aromatic heterocycles. The number of hydrogen-bond donors (Lipinski definition) is 0. The highest BCUT2D eigenvalue weighted by Gasteiger charge is 2.47. The molecular weight excluding hydrogens is 432 g/mol. The third-order valence-electron chi connectivity index (χ3n) is 7.00. The van der Waals surface area contributed by atoms with Gasteiger partial charge in [-0.15, -0.1) is 0 Å². The van der Waals surface area contributed by atoms with Crippen molar-refractivity contribution in [1.82, 2.24) is 4.90 Å². The molecule has 2 aromatic carbocycles. The van der Waals surface area contributed by atoms with Crippen molar-refractivity contribution in [2.24, 2.45) is 0 Å². The number of anilines is 1. The molecule has 180 valence electrons. The van der Waals surface area contributed by atoms with Gasteiger partial charge in [0.15, 0.2) is 0 Å². The number of likely N-dealkylation sites (tertiary alicyclic amines) is 1. The summed E-state index contributed by atoms with van der Waals surface area (Å²) in [4.78, 5) is 33.0. The second-order valence-electron chi connectivity index (χ2n) is 10.1. The summed E-state index contributed by atoms with van der Waals surface area (Å²) in [5.74, 6) is 1.08. The van der Waals surface area contributed by atoms with Crippen molar-refractivity contribution in [3.05, 3.63) is 59.2 Å². The SMILES string of the molecule is Cc1cc(CN2CCC3(CC2)CN(c2ccccc2)C(=O)O3)cc2c1OC(C)(C)CC2.O=C=O. The Balaban J connectivity index is 0.000000868. The third kappa shape index (κ3) is 5.16. The Morgan fingerprint density at radius 2 is 1.68 bits per heavy atom. The zero-order valence-electron chi connectivity index (χ0n) is 20.1. The van der Waals surface area contributed by atoms with Crippen molar-refractivity contribution in [2.75, 3.05) is 24.5 Å². The summed E-state index contributed by atoms with van der Waals surface area (Å²) >= 11 is 0. The van der Waals surface area contributed by atoms with Crippen molar-refractivity contribution >= 4 is 17.9 Å². The van der Waals surface area contributed by atoms with Gasteiger partial charge in [-0.05, 0) is 62.4 Å². The van der Waals surface area contributed by atoms with E-state index in [2.05, 4.69) is 37.8 Å². The molecule has 3 aliphatic heterocycles. The van der Waals surface area contributed by atoms with E-state index in [0.717, 1.165) is 56.8 Å². The monoisotopic (exact) mass is 464 g/mol. The average Bonchev–Trinajstić information content (AvgIpc) is 3.13. The largest absolute Gasteiger partial charge is 0.487 e. The fraction of sp³-hybridized carbons (Fsp3) is 0.481. The van der Waals surface area contributed by atoms with Gasteiger partial charge in [-0.1, -0.05) is 30.3 Å². The normalized spacial score (nSPS) is 20.4. The molecule has 1 amide bonds. The first-order valence-electron chi connectivity index (χ1n) is 11.8. The minimum atomic E-state index is -0.353. The van der Waals surface area contributed by atoms with Gasteiger partial charge in [-0.25, -0.2) is 4.79 Å². The Labute approximate surface area is 200 Å². The second-order valence-corrected chi connectivity index (χ2v) is 10.1. The topological polar surface area (TPSA) is 76.2 Å². The van der Waals surface area contributed by atoms with Crippen LogP contribution >= 0.6 is 0 Å². The predicted octanol–water partition coefficient (Wildman–Crippen LogP) is 4.51. The van der Waals surface area contributed by atoms with Gasteiger partial charge in [0.05, 0.1) is 6.54 Å². The molecule has 0 radical (unpaired) electrons. The van der Waals surface area contributed by atoms with Crippen LogP contribution in [-0.4, -0.2) is 48.0 Å². The molecule has 2 saturated heterocycles. The molecule has 2 fully saturated rings. The number of amides is 1. The maximum Gasteiger partial charge on any atom is 0.415 e. The highest BCUT2D eigenvalue weighted by molar-refractivity contribution is 5.90. The summed E-state index contributed by atoms with van der Waals surface area (Å²) in [6, 6.07) is 14.4. The fourth-order valence-corrected chi connectivity index (χ4v) is 5.18. The Hall–Kier alpha value is -3.15. The third-order valence-corrected chi connectivity index (χ3v) is 7.00. The van der Waals surface area contributed by atoms with Crippen molar-refractivity contribution < 1.29 is 23.9 Å². The zero-order chi connectivity index (χ0) is 24.3. The van der Waals surface area contributed by atoms with Crippen LogP contribution in [0.15, 0.2) is 42.5 Å². The second kappa shape index (κ2) is 9.61. The number of rotatable bonds is 3. The van der Waals surface area contributed by atoms with Gasteiger partial charge in [-0.2, -0.15) is 9.59 Å². The van der Waals surface area contributed by atoms with E-state index in [-0.39, 0.29) is 23.4 Å². The quantitative estimate of drug-likeness (QED) is 0.665. The summed E-state index contributed by atoms with van der Waals surface area (Å²) in [6.07, 6.45) is 3.92. The number of hydrogen-bond acceptors (Lipinski definition) is 6. The van der Waals surface area contributed by atoms with Crippen LogP contribution in [0.25, 0.3) is 0 Å². The molecule has 0 saturated carbocycles. The first-order valence-corrected chi connectivity index (χ1v) is 11.8. The standard InChI is InChI=1S/C26H32N2O3.CO2/c1-19-15-20(16-21-9-10-25(2,3)30-23(19)21)17-27-13-11-26(12-14-27)18-28(24(29)31-26)22-7-5-4-6-8-22;2-1-3/h4-8,15-16H,9-14,17-18H2,1-3H3;. The molecule has 3 heterocycles. The Morgan fingerprint density at radius 3 is 2.35 bits per heavy atom. The summed E-state index contributed by atoms with van der Waals surface area (Å²) in [6.45, 7) is 9.96. The molecular formula is C27H32N2O5. The Morgan fingerprint density at radius 1 is 1.00 bits per heavy atom. The van der Waals surface area contributed by atoms with E-state index in [9.17, 15) is 4.79 Å². The lowest BCUT2D eigenvalue weighted by Crippen LogP contribution is -2.46. The van der Waals surface area contributed by atoms with Crippen LogP contribution in [0.2, 0.25) is 0 Å². The van der Waals surface area contributed by atoms with Crippen molar-refractivity contribution in [2.45, 2.75) is 64.2 Å². The van der Waals surface area contributed by atoms with Gasteiger partial charge >= 0.3 is 12.2 Å². The van der Waals surface area contributed by atoms with Crippen LogP contribution in [0.4, 0.5) is 10.5 Å². The number of nitrogens with zero attached hydrogens (tertiary/aromatic N) is 2. The van der Waals surface area contributed by atoms with Crippen LogP contribution in [0.1, 0.15) is 49.8 Å². The number of para-hydroxylation sites is 1. The van der Waals surface area contributed by atoms with E-state index in [1.54, 1.807) is 4.90 Å². The van der Waals surface area contributed by atoms with Crippen LogP contribution in [-0.2, 0) is 27.3 Å². The highest BCUT2D eigenvalue weighted by Crippen LogP contribution is 2.38. The minimum absolute atomic E-state index is 0.0766. The number of ether oxygens (including phenoxy) is 2. The number of fused-ring (bicyclic) bond motifs is 1. The number of carbonyl (C=O) groups is 1. The number of carbonyl (C=O) groups excluding carboxylic acids is 3. The van der Waals surface area contributed by atoms with Gasteiger partial charge in [0, 0.05) is 38.2 Å². The molecule has 34 heavy (non-hydrogen) atoms. The molecule has 7 heteroatoms. The lowest BCUT2D eigenvalue weighted by atomic mass is 9.90. The minimum Gasteiger partial charge on any atom is -0.487 e. The average molecular weight is 465 g/mol. The number of aryl methyl sites for hydroxylation is 2. The molecule has 0 unspecified atom stereocenters. The lowest BCUT2D eigenvalue weighted by Gasteiger charge is -2.38. The maximum atomic E-state index is 12.5. The molecule has 1 spiro atoms. The number of piperidine rings is 1. The summed E-state index contributed by atoms with van der Waals surface area (Å²) in [5.41, 5.74) is 4.41. The molecule has 3 aliphatic rings. The van der Waals surface area contributed by atoms with Gasteiger partial charge < -0.3 is 9.47 Å². The molecule has 0 bridgehead atoms. The van der Waals surface area contributed by atoms with Crippen LogP contribution in [0.5, 0.6) is 5.75 Å². The highest BCUT2D eigenvalue weighted by atomic mass is 16.6. The summed E-state index contributed by atoms with van der Waals surface area (Å²) in [7, 11) is 0. The summed E-state index contributed by atoms with van der Waals surface area (Å²) in [5, 5.41) is 0. The van der Waals surface area contributed by atoms with Crippen molar-refractivity contribution in [1.29, 1.82) is 0 Å². The van der Waals surface area contributed by atoms with Crippen molar-refractivity contribution in [3.8, 4) is 5.75 Å². The molecule has 0 aliphatic carbocycles. The fourth-order valence-electron chi connectivity index (χ4n) is 5.18. The van der Waals surface area contributed by atoms with Crippen LogP contribution in [0, 0.1) is 6.92 Å². The zero-order valence-corrected chi connectivity index (χ0v) is 20.1. The van der Waals surface area contributed by atoms with E-state index in [4.69, 9.17) is 19.1 Å². The van der Waals surface area contributed by atoms with Gasteiger partial charge in [0.25, 0.3) is 0 Å². The maximum absolute atomic E-state index is 12.5. The van der Waals surface area contributed by atoms with E-state index >= 15 is 0 Å². The van der Waals surface area contributed by atoms with E-state index in [1.807, 2.05) is 30.3 Å². The van der Waals surface area contributed by atoms with E-state index in [1.165, 1.54) is 16.7 Å². The van der Waals surface area contributed by atoms with Gasteiger partial charge in [0.1, 0.15) is 17.0 Å². The summed E-state index contributed by atoms with van der Waals surface area (Å²) < 4.78 is 12.2. The van der Waals surface area contributed by atoms with E-state index in [0.29, 0.717) is 6.54 Å². The number of benzene rings is 2. The molecule has 5 rings (SSSR count). The van der Waals surface area contributed by atoms with Gasteiger partial charge in [-0.3, -0.25) is 9.80 Å². The molecule has 2 aromatic rings. The van der Waals surface area contributed by atoms with Crippen LogP contribution < -0.4 is 9.64 Å². The smallest absolute Gasteiger partial charge is 0.415 e. The first-order chi connectivity index (χ1) is 16.2. The van der Waals surface area contributed by atoms with Gasteiger partial charge in [0.2, 0.25) is 0 Å². The molecule has 0 atom stereocenters. The Bertz CT molecular complexity index is 1070. The Kier molecular flexibility index (Phi) is 6.78.